The lowest BCUT2D eigenvalue weighted by Gasteiger charge is -2.31. The predicted molar refractivity (Wildman–Crippen MR) is 328 cm³/mol. The van der Waals surface area contributed by atoms with Crippen LogP contribution in [-0.2, 0) is 78.3 Å². The van der Waals surface area contributed by atoms with Gasteiger partial charge in [-0.1, -0.05) is 92.1 Å². The zero-order valence-corrected chi connectivity index (χ0v) is 53.4. The number of nitrogens with two attached hydrogens (primary N) is 4. The third-order valence-electron chi connectivity index (χ3n) is 15.1. The molecule has 2 rings (SSSR count). The van der Waals surface area contributed by atoms with E-state index < -0.39 is 204 Å². The SMILES string of the molecule is CC[C@H](C)[C@H](NC(=O)[C@@H](NC(=O)[C@H](CC(=O)O)NC(=O)[C@H](CC(N)=O)NC(=O)[C@@H](NC(=O)[C@@H](N)CC(N)=O)C(C)C)C(C)C)C(=O)N[C@@H](C)C(=O)N1CCC[C@H]1C(=O)N[C@@H](C)C(=O)N[C@@H](Cc1ccccc1)C(=O)N[C@H](C(=O)N[C@@H](CCCCN)C(=O)O)C(C)C. The van der Waals surface area contributed by atoms with Crippen LogP contribution in [0.2, 0.25) is 0 Å². The average molecular weight is 1290 g/mol. The summed E-state index contributed by atoms with van der Waals surface area (Å²) in [7, 11) is 0. The number of rotatable bonds is 39. The van der Waals surface area contributed by atoms with E-state index in [2.05, 4.69) is 53.2 Å². The van der Waals surface area contributed by atoms with Gasteiger partial charge >= 0.3 is 11.9 Å². The number of carbonyl (C=O) groups excluding carboxylic acids is 13. The van der Waals surface area contributed by atoms with E-state index in [1.54, 1.807) is 58.0 Å². The van der Waals surface area contributed by atoms with Crippen molar-refractivity contribution in [2.75, 3.05) is 13.1 Å². The molecule has 32 nitrogen and oxygen atoms in total. The van der Waals surface area contributed by atoms with Crippen molar-refractivity contribution in [1.29, 1.82) is 0 Å². The molecule has 32 heteroatoms. The lowest BCUT2D eigenvalue weighted by Crippen LogP contribution is -2.62. The number of aliphatic carboxylic acids is 2. The third kappa shape index (κ3) is 25.9. The number of benzene rings is 1. The average Bonchev–Trinajstić information content (AvgIpc) is 2.03. The van der Waals surface area contributed by atoms with Crippen molar-refractivity contribution < 1.29 is 82.1 Å². The first-order chi connectivity index (χ1) is 42.5. The quantitative estimate of drug-likeness (QED) is 0.0279. The molecule has 1 saturated heterocycles. The van der Waals surface area contributed by atoms with Gasteiger partial charge in [-0.2, -0.15) is 0 Å². The van der Waals surface area contributed by atoms with Crippen LogP contribution in [0.1, 0.15) is 133 Å². The van der Waals surface area contributed by atoms with Gasteiger partial charge < -0.3 is 91.2 Å². The second kappa shape index (κ2) is 38.0. The van der Waals surface area contributed by atoms with E-state index in [0.29, 0.717) is 37.8 Å². The maximum Gasteiger partial charge on any atom is 0.326 e. The number of carboxylic acids is 2. The molecule has 0 saturated carbocycles. The first-order valence-electron chi connectivity index (χ1n) is 30.4. The minimum atomic E-state index is -1.96. The Balaban J connectivity index is 2.27. The smallest absolute Gasteiger partial charge is 0.326 e. The minimum Gasteiger partial charge on any atom is -0.481 e. The normalized spacial score (nSPS) is 16.9. The van der Waals surface area contributed by atoms with Gasteiger partial charge in [0.25, 0.3) is 0 Å². The molecule has 1 aliphatic heterocycles. The van der Waals surface area contributed by atoms with Crippen LogP contribution in [0.5, 0.6) is 0 Å². The fourth-order valence-corrected chi connectivity index (χ4v) is 9.61. The van der Waals surface area contributed by atoms with Gasteiger partial charge in [0.15, 0.2) is 0 Å². The van der Waals surface area contributed by atoms with Gasteiger partial charge in [-0.25, -0.2) is 4.79 Å². The molecule has 0 aromatic heterocycles. The van der Waals surface area contributed by atoms with Crippen LogP contribution in [0, 0.1) is 23.7 Å². The van der Waals surface area contributed by atoms with Crippen molar-refractivity contribution in [3.63, 3.8) is 0 Å². The fraction of sp³-hybridized carbons (Fsp3) is 0.644. The monoisotopic (exact) mass is 1290 g/mol. The molecule has 1 aromatic carbocycles. The zero-order chi connectivity index (χ0) is 69.1. The number of nitrogens with one attached hydrogen (secondary N) is 10. The number of nitrogens with zero attached hydrogens (tertiary/aromatic N) is 1. The molecule has 0 radical (unpaired) electrons. The summed E-state index contributed by atoms with van der Waals surface area (Å²) in [6, 6.07) is -8.41. The number of primary amides is 2. The molecule has 0 aliphatic carbocycles. The van der Waals surface area contributed by atoms with Crippen LogP contribution in [0.25, 0.3) is 0 Å². The van der Waals surface area contributed by atoms with Crippen LogP contribution in [0.3, 0.4) is 0 Å². The van der Waals surface area contributed by atoms with Crippen LogP contribution in [-0.4, -0.2) is 189 Å². The van der Waals surface area contributed by atoms with Crippen molar-refractivity contribution in [2.45, 2.75) is 206 Å². The molecular weight excluding hydrogens is 1190 g/mol. The first kappa shape index (κ1) is 78.3. The molecule has 508 valence electrons. The first-order valence-corrected chi connectivity index (χ1v) is 30.4. The summed E-state index contributed by atoms with van der Waals surface area (Å²) >= 11 is 0. The summed E-state index contributed by atoms with van der Waals surface area (Å²) < 4.78 is 0. The Labute approximate surface area is 528 Å². The number of carboxylic acid groups (broad SMARTS) is 2. The molecule has 91 heavy (non-hydrogen) atoms. The van der Waals surface area contributed by atoms with E-state index in [1.807, 2.05) is 0 Å². The molecule has 13 amide bonds. The summed E-state index contributed by atoms with van der Waals surface area (Å²) in [5, 5.41) is 44.4. The second-order valence-corrected chi connectivity index (χ2v) is 23.8. The van der Waals surface area contributed by atoms with Gasteiger partial charge in [0.1, 0.15) is 66.5 Å². The van der Waals surface area contributed by atoms with Crippen molar-refractivity contribution in [2.24, 2.45) is 46.6 Å². The van der Waals surface area contributed by atoms with Gasteiger partial charge in [0.05, 0.1) is 25.3 Å². The fourth-order valence-electron chi connectivity index (χ4n) is 9.61. The van der Waals surface area contributed by atoms with E-state index in [1.165, 1.54) is 46.4 Å². The molecular formula is C59H95N15O17. The van der Waals surface area contributed by atoms with Crippen LogP contribution in [0.15, 0.2) is 30.3 Å². The van der Waals surface area contributed by atoms with Crippen molar-refractivity contribution in [3.8, 4) is 0 Å². The largest absolute Gasteiger partial charge is 0.481 e. The minimum absolute atomic E-state index is 0.0521. The Kier molecular flexibility index (Phi) is 32.7. The summed E-state index contributed by atoms with van der Waals surface area (Å²) in [4.78, 5) is 200. The van der Waals surface area contributed by atoms with E-state index >= 15 is 0 Å². The highest BCUT2D eigenvalue weighted by molar-refractivity contribution is 6.01. The summed E-state index contributed by atoms with van der Waals surface area (Å²) in [5.41, 5.74) is 22.4. The standard InChI is InChI=1S/C59H95N15O17/c1-11-31(8)47(73-56(87)46(30(6)7)72-52(83)39(27-43(77)78)68-50(81)38(26-42(63)76)69-55(86)44(28(2)3)70-49(80)35(61)25-41(62)75)57(88)65-33(10)58(89)74-23-17-21-40(74)53(84)64-32(9)48(79)67-37(24-34-18-13-12-14-19-34)51(82)71-45(29(4)5)54(85)66-36(59(90)91)20-15-16-22-60/h12-14,18-19,28-33,35-40,44-47H,11,15-17,20-27,60-61H2,1-10H3,(H2,62,75)(H2,63,76)(H,64,84)(H,65,88)(H,66,85)(H,67,79)(H,68,81)(H,69,86)(H,70,80)(H,71,82)(H,72,83)(H,73,87)(H,77,78)(H,90,91)/t31-,32-,33-,35-,36-,37-,38-,39-,40-,44-,45-,46-,47-/m0/s1. The third-order valence-corrected chi connectivity index (χ3v) is 15.1. The topological polar surface area (TPSA) is 524 Å². The van der Waals surface area contributed by atoms with Crippen molar-refractivity contribution in [1.82, 2.24) is 58.1 Å². The maximum atomic E-state index is 14.1. The molecule has 1 aliphatic rings. The number of amides is 13. The Morgan fingerprint density at radius 1 is 0.516 bits per heavy atom. The lowest BCUT2D eigenvalue weighted by atomic mass is 9.96. The highest BCUT2D eigenvalue weighted by Crippen LogP contribution is 2.20. The number of likely N-dealkylation sites (tertiary alicyclic amines) is 1. The highest BCUT2D eigenvalue weighted by Gasteiger charge is 2.41. The number of unbranched alkanes of at least 4 members (excludes halogenated alkanes) is 1. The van der Waals surface area contributed by atoms with Crippen LogP contribution < -0.4 is 76.1 Å². The zero-order valence-electron chi connectivity index (χ0n) is 53.4. The van der Waals surface area contributed by atoms with Gasteiger partial charge in [-0.3, -0.25) is 67.1 Å². The van der Waals surface area contributed by atoms with Crippen molar-refractivity contribution in [3.05, 3.63) is 35.9 Å². The molecule has 0 unspecified atom stereocenters. The second-order valence-electron chi connectivity index (χ2n) is 23.8. The molecule has 20 N–H and O–H groups in total. The van der Waals surface area contributed by atoms with Gasteiger partial charge in [-0.05, 0) is 81.7 Å². The number of hydrogen-bond donors (Lipinski definition) is 16. The van der Waals surface area contributed by atoms with E-state index in [0.717, 1.165) is 0 Å². The van der Waals surface area contributed by atoms with Crippen molar-refractivity contribution >= 4 is 88.7 Å². The Morgan fingerprint density at radius 3 is 1.46 bits per heavy atom. The molecule has 1 aromatic rings. The van der Waals surface area contributed by atoms with Gasteiger partial charge in [0, 0.05) is 13.0 Å². The molecule has 13 atom stereocenters. The Morgan fingerprint density at radius 2 is 0.967 bits per heavy atom. The lowest BCUT2D eigenvalue weighted by molar-refractivity contribution is -0.143. The van der Waals surface area contributed by atoms with E-state index in [4.69, 9.17) is 22.9 Å². The molecule has 1 fully saturated rings. The van der Waals surface area contributed by atoms with Crippen LogP contribution >= 0.6 is 0 Å². The number of carbonyl (C=O) groups is 15. The summed E-state index contributed by atoms with van der Waals surface area (Å²) in [5.74, 6) is -17.5. The highest BCUT2D eigenvalue weighted by atomic mass is 16.4. The summed E-state index contributed by atoms with van der Waals surface area (Å²) in [6.07, 6.45) is -0.712. The van der Waals surface area contributed by atoms with Crippen LogP contribution in [0.4, 0.5) is 0 Å². The van der Waals surface area contributed by atoms with E-state index in [-0.39, 0.29) is 25.8 Å². The van der Waals surface area contributed by atoms with Gasteiger partial charge in [0.2, 0.25) is 76.8 Å². The van der Waals surface area contributed by atoms with E-state index in [9.17, 15) is 82.1 Å². The Bertz CT molecular complexity index is 2750. The maximum absolute atomic E-state index is 14.1. The summed E-state index contributed by atoms with van der Waals surface area (Å²) in [6.45, 7) is 15.8. The molecule has 0 spiro atoms. The Hall–Kier alpha value is -8.81. The number of hydrogen-bond acceptors (Lipinski definition) is 17. The van der Waals surface area contributed by atoms with Gasteiger partial charge in [-0.15, -0.1) is 0 Å². The predicted octanol–water partition coefficient (Wildman–Crippen LogP) is -4.11. The molecule has 0 bridgehead atoms. The molecule has 1 heterocycles.